The Morgan fingerprint density at radius 2 is 2.07 bits per heavy atom. The van der Waals surface area contributed by atoms with Crippen molar-refractivity contribution in [1.82, 2.24) is 14.9 Å². The van der Waals surface area contributed by atoms with E-state index in [1.807, 2.05) is 12.3 Å². The monoisotopic (exact) mass is 365 g/mol. The maximum Gasteiger partial charge on any atom is 0.119 e. The Morgan fingerprint density at radius 1 is 1.19 bits per heavy atom. The van der Waals surface area contributed by atoms with E-state index in [1.54, 1.807) is 7.11 Å². The largest absolute Gasteiger partial charge is 0.491 e. The number of aromatic nitrogens is 2. The maximum atomic E-state index is 5.65. The zero-order chi connectivity index (χ0) is 18.5. The van der Waals surface area contributed by atoms with Gasteiger partial charge in [0.2, 0.25) is 0 Å². The van der Waals surface area contributed by atoms with Crippen molar-refractivity contribution in [3.63, 3.8) is 0 Å². The number of benzene rings is 1. The summed E-state index contributed by atoms with van der Waals surface area (Å²) in [5, 5.41) is 0. The third kappa shape index (κ3) is 4.49. The molecule has 2 aromatic heterocycles. The highest BCUT2D eigenvalue weighted by Crippen LogP contribution is 2.29. The molecule has 4 rings (SSSR count). The van der Waals surface area contributed by atoms with Crippen LogP contribution in [-0.4, -0.2) is 48.3 Å². The minimum atomic E-state index is 0.546. The molecule has 1 fully saturated rings. The van der Waals surface area contributed by atoms with Crippen LogP contribution in [-0.2, 0) is 11.3 Å². The fourth-order valence-corrected chi connectivity index (χ4v) is 3.84. The molecule has 5 heteroatoms. The van der Waals surface area contributed by atoms with E-state index < -0.39 is 0 Å². The van der Waals surface area contributed by atoms with Gasteiger partial charge in [-0.1, -0.05) is 12.1 Å². The van der Waals surface area contributed by atoms with Crippen LogP contribution >= 0.6 is 0 Å². The van der Waals surface area contributed by atoms with Crippen LogP contribution in [0.3, 0.4) is 0 Å². The summed E-state index contributed by atoms with van der Waals surface area (Å²) in [6, 6.07) is 14.7. The summed E-state index contributed by atoms with van der Waals surface area (Å²) in [4.78, 5) is 10.6. The molecule has 142 valence electrons. The van der Waals surface area contributed by atoms with Gasteiger partial charge in [0.1, 0.15) is 12.4 Å². The molecule has 0 spiro atoms. The van der Waals surface area contributed by atoms with Gasteiger partial charge in [-0.3, -0.25) is 9.88 Å². The molecule has 3 heterocycles. The standard InChI is InChI=1S/C22H27N3O2/c1-26-12-13-27-19-8-6-17(7-9-19)15-25-11-3-4-18(16-25)21-14-22-20(24-21)5-2-10-23-22/h2,5-10,14,18,24H,3-4,11-13,15-16H2,1H3/t18-/m1/s1. The van der Waals surface area contributed by atoms with Crippen molar-refractivity contribution in [3.05, 3.63) is 59.9 Å². The third-order valence-electron chi connectivity index (χ3n) is 5.24. The second-order valence-corrected chi connectivity index (χ2v) is 7.22. The number of ether oxygens (including phenoxy) is 2. The van der Waals surface area contributed by atoms with E-state index in [0.717, 1.165) is 36.4 Å². The lowest BCUT2D eigenvalue weighted by atomic mass is 9.94. The first kappa shape index (κ1) is 18.0. The van der Waals surface area contributed by atoms with Crippen molar-refractivity contribution >= 4 is 11.0 Å². The van der Waals surface area contributed by atoms with Crippen LogP contribution in [0.25, 0.3) is 11.0 Å². The van der Waals surface area contributed by atoms with Gasteiger partial charge in [-0.15, -0.1) is 0 Å². The molecule has 0 radical (unpaired) electrons. The van der Waals surface area contributed by atoms with E-state index >= 15 is 0 Å². The molecular weight excluding hydrogens is 338 g/mol. The number of piperidine rings is 1. The predicted octanol–water partition coefficient (Wildman–Crippen LogP) is 3.97. The number of aromatic amines is 1. The van der Waals surface area contributed by atoms with Gasteiger partial charge < -0.3 is 14.5 Å². The molecule has 3 aromatic rings. The second-order valence-electron chi connectivity index (χ2n) is 7.22. The molecule has 0 saturated carbocycles. The molecule has 0 unspecified atom stereocenters. The average molecular weight is 365 g/mol. The lowest BCUT2D eigenvalue weighted by Gasteiger charge is -2.32. The minimum Gasteiger partial charge on any atom is -0.491 e. The normalized spacial score (nSPS) is 18.0. The van der Waals surface area contributed by atoms with Crippen molar-refractivity contribution in [3.8, 4) is 5.75 Å². The third-order valence-corrected chi connectivity index (χ3v) is 5.24. The lowest BCUT2D eigenvalue weighted by molar-refractivity contribution is 0.146. The first-order chi connectivity index (χ1) is 13.3. The molecule has 0 amide bonds. The molecule has 1 aliphatic rings. The summed E-state index contributed by atoms with van der Waals surface area (Å²) in [5.41, 5.74) is 4.84. The molecule has 1 aliphatic heterocycles. The van der Waals surface area contributed by atoms with Crippen molar-refractivity contribution in [1.29, 1.82) is 0 Å². The number of nitrogens with one attached hydrogen (secondary N) is 1. The summed E-state index contributed by atoms with van der Waals surface area (Å²) in [6.07, 6.45) is 4.32. The molecule has 5 nitrogen and oxygen atoms in total. The molecule has 0 bridgehead atoms. The number of likely N-dealkylation sites (tertiary alicyclic amines) is 1. The number of fused-ring (bicyclic) bond motifs is 1. The Labute approximate surface area is 160 Å². The van der Waals surface area contributed by atoms with E-state index in [2.05, 4.69) is 51.3 Å². The van der Waals surface area contributed by atoms with E-state index in [4.69, 9.17) is 9.47 Å². The average Bonchev–Trinajstić information content (AvgIpc) is 3.14. The van der Waals surface area contributed by atoms with Crippen LogP contribution in [0.1, 0.15) is 30.0 Å². The summed E-state index contributed by atoms with van der Waals surface area (Å²) in [7, 11) is 1.69. The quantitative estimate of drug-likeness (QED) is 0.644. The highest BCUT2D eigenvalue weighted by molar-refractivity contribution is 5.75. The van der Waals surface area contributed by atoms with Crippen LogP contribution in [0.5, 0.6) is 5.75 Å². The Morgan fingerprint density at radius 3 is 2.89 bits per heavy atom. The van der Waals surface area contributed by atoms with Gasteiger partial charge in [0.15, 0.2) is 0 Å². The summed E-state index contributed by atoms with van der Waals surface area (Å²) < 4.78 is 10.7. The molecule has 27 heavy (non-hydrogen) atoms. The van der Waals surface area contributed by atoms with Gasteiger partial charge >= 0.3 is 0 Å². The molecule has 1 aromatic carbocycles. The van der Waals surface area contributed by atoms with Crippen LogP contribution < -0.4 is 4.74 Å². The Hall–Kier alpha value is -2.37. The van der Waals surface area contributed by atoms with E-state index in [9.17, 15) is 0 Å². The lowest BCUT2D eigenvalue weighted by Crippen LogP contribution is -2.34. The van der Waals surface area contributed by atoms with Crippen molar-refractivity contribution in [2.45, 2.75) is 25.3 Å². The van der Waals surface area contributed by atoms with Crippen molar-refractivity contribution < 1.29 is 9.47 Å². The van der Waals surface area contributed by atoms with Crippen LogP contribution in [0.4, 0.5) is 0 Å². The number of methoxy groups -OCH3 is 1. The predicted molar refractivity (Wildman–Crippen MR) is 107 cm³/mol. The SMILES string of the molecule is COCCOc1ccc(CN2CCC[C@@H](c3cc4ncccc4[nH]3)C2)cc1. The van der Waals surface area contributed by atoms with Gasteiger partial charge in [0.05, 0.1) is 17.6 Å². The van der Waals surface area contributed by atoms with Gasteiger partial charge in [0, 0.05) is 38.0 Å². The number of hydrogen-bond donors (Lipinski definition) is 1. The van der Waals surface area contributed by atoms with Crippen molar-refractivity contribution in [2.75, 3.05) is 33.4 Å². The van der Waals surface area contributed by atoms with Gasteiger partial charge in [-0.25, -0.2) is 0 Å². The second kappa shape index (κ2) is 8.55. The number of rotatable bonds is 7. The highest BCUT2D eigenvalue weighted by Gasteiger charge is 2.23. The van der Waals surface area contributed by atoms with E-state index in [1.165, 1.54) is 24.1 Å². The minimum absolute atomic E-state index is 0.546. The topological polar surface area (TPSA) is 50.4 Å². The Bertz CT molecular complexity index is 826. The fourth-order valence-electron chi connectivity index (χ4n) is 3.84. The molecule has 1 saturated heterocycles. The summed E-state index contributed by atoms with van der Waals surface area (Å²) >= 11 is 0. The summed E-state index contributed by atoms with van der Waals surface area (Å²) in [6.45, 7) is 4.41. The molecule has 0 aliphatic carbocycles. The zero-order valence-corrected chi connectivity index (χ0v) is 15.9. The van der Waals surface area contributed by atoms with Crippen molar-refractivity contribution in [2.24, 2.45) is 0 Å². The summed E-state index contributed by atoms with van der Waals surface area (Å²) in [5.74, 6) is 1.45. The number of pyridine rings is 1. The van der Waals surface area contributed by atoms with Crippen LogP contribution in [0, 0.1) is 0 Å². The highest BCUT2D eigenvalue weighted by atomic mass is 16.5. The number of nitrogens with zero attached hydrogens (tertiary/aromatic N) is 2. The molecule has 1 atom stereocenters. The Kier molecular flexibility index (Phi) is 5.70. The number of hydrogen-bond acceptors (Lipinski definition) is 4. The number of H-pyrrole nitrogens is 1. The first-order valence-electron chi connectivity index (χ1n) is 9.68. The van der Waals surface area contributed by atoms with Gasteiger partial charge in [0.25, 0.3) is 0 Å². The molecule has 1 N–H and O–H groups in total. The van der Waals surface area contributed by atoms with E-state index in [0.29, 0.717) is 19.1 Å². The van der Waals surface area contributed by atoms with Gasteiger partial charge in [-0.05, 0) is 55.3 Å². The fraction of sp³-hybridized carbons (Fsp3) is 0.409. The first-order valence-corrected chi connectivity index (χ1v) is 9.68. The van der Waals surface area contributed by atoms with Gasteiger partial charge in [-0.2, -0.15) is 0 Å². The van der Waals surface area contributed by atoms with E-state index in [-0.39, 0.29) is 0 Å². The van der Waals surface area contributed by atoms with Crippen LogP contribution in [0.15, 0.2) is 48.7 Å². The zero-order valence-electron chi connectivity index (χ0n) is 15.9. The maximum absolute atomic E-state index is 5.65. The Balaban J connectivity index is 1.36. The van der Waals surface area contributed by atoms with Crippen LogP contribution in [0.2, 0.25) is 0 Å². The smallest absolute Gasteiger partial charge is 0.119 e. The molecular formula is C22H27N3O2.